The standard InChI is InChI=1S/C18H24N4O3/c23-13-15-10-16(24)12-22(15)18(25)20-11-17-19-7-9-21(17)8-6-14-4-2-1-3-5-14/h1-5,7,9,15-16,23-24H,6,8,10-13H2,(H,20,25)/t15-,16-/m0/s1. The van der Waals surface area contributed by atoms with Crippen LogP contribution in [0.5, 0.6) is 0 Å². The number of amides is 2. The highest BCUT2D eigenvalue weighted by Crippen LogP contribution is 2.17. The summed E-state index contributed by atoms with van der Waals surface area (Å²) in [6, 6.07) is 9.61. The van der Waals surface area contributed by atoms with Crippen molar-refractivity contribution in [2.24, 2.45) is 0 Å². The van der Waals surface area contributed by atoms with Crippen LogP contribution in [0.15, 0.2) is 42.7 Å². The minimum atomic E-state index is -0.573. The van der Waals surface area contributed by atoms with Crippen LogP contribution in [0, 0.1) is 0 Å². The number of carbonyl (C=O) groups is 1. The summed E-state index contributed by atoms with van der Waals surface area (Å²) < 4.78 is 2.02. The number of benzene rings is 1. The van der Waals surface area contributed by atoms with Crippen molar-refractivity contribution >= 4 is 6.03 Å². The van der Waals surface area contributed by atoms with Crippen molar-refractivity contribution < 1.29 is 15.0 Å². The smallest absolute Gasteiger partial charge is 0.318 e. The van der Waals surface area contributed by atoms with E-state index in [9.17, 15) is 15.0 Å². The Morgan fingerprint density at radius 3 is 2.88 bits per heavy atom. The molecule has 0 radical (unpaired) electrons. The summed E-state index contributed by atoms with van der Waals surface area (Å²) >= 11 is 0. The molecule has 1 aromatic heterocycles. The molecule has 0 bridgehead atoms. The highest BCUT2D eigenvalue weighted by atomic mass is 16.3. The van der Waals surface area contributed by atoms with Gasteiger partial charge in [-0.25, -0.2) is 9.78 Å². The second kappa shape index (κ2) is 8.13. The average molecular weight is 344 g/mol. The predicted molar refractivity (Wildman–Crippen MR) is 92.8 cm³/mol. The van der Waals surface area contributed by atoms with Crippen LogP contribution in [0.25, 0.3) is 0 Å². The van der Waals surface area contributed by atoms with Crippen molar-refractivity contribution in [1.29, 1.82) is 0 Å². The summed E-state index contributed by atoms with van der Waals surface area (Å²) in [5, 5.41) is 21.8. The van der Waals surface area contributed by atoms with Crippen LogP contribution in [-0.4, -0.2) is 56.0 Å². The second-order valence-corrected chi connectivity index (χ2v) is 6.31. The summed E-state index contributed by atoms with van der Waals surface area (Å²) in [6.45, 7) is 1.21. The maximum absolute atomic E-state index is 12.3. The van der Waals surface area contributed by atoms with Crippen molar-refractivity contribution in [3.05, 3.63) is 54.1 Å². The zero-order chi connectivity index (χ0) is 17.6. The number of β-amino-alcohol motifs (C(OH)–C–C–N with tert-alkyl or cyclic N) is 1. The van der Waals surface area contributed by atoms with Gasteiger partial charge >= 0.3 is 6.03 Å². The molecule has 0 aliphatic carbocycles. The Hall–Kier alpha value is -2.38. The van der Waals surface area contributed by atoms with Crippen LogP contribution in [0.4, 0.5) is 4.79 Å². The summed E-state index contributed by atoms with van der Waals surface area (Å²) in [7, 11) is 0. The second-order valence-electron chi connectivity index (χ2n) is 6.31. The number of rotatable bonds is 6. The molecule has 25 heavy (non-hydrogen) atoms. The van der Waals surface area contributed by atoms with Crippen molar-refractivity contribution in [3.8, 4) is 0 Å². The number of aryl methyl sites for hydroxylation is 2. The molecule has 1 aliphatic heterocycles. The van der Waals surface area contributed by atoms with Crippen LogP contribution in [0.2, 0.25) is 0 Å². The number of aliphatic hydroxyl groups is 2. The zero-order valence-electron chi connectivity index (χ0n) is 14.1. The number of urea groups is 1. The lowest BCUT2D eigenvalue weighted by molar-refractivity contribution is 0.154. The third-order valence-corrected chi connectivity index (χ3v) is 4.55. The molecule has 2 atom stereocenters. The van der Waals surface area contributed by atoms with Crippen molar-refractivity contribution in [2.45, 2.75) is 38.1 Å². The molecule has 1 saturated heterocycles. The normalized spacial score (nSPS) is 20.0. The van der Waals surface area contributed by atoms with Gasteiger partial charge in [-0.15, -0.1) is 0 Å². The Morgan fingerprint density at radius 1 is 1.32 bits per heavy atom. The lowest BCUT2D eigenvalue weighted by Gasteiger charge is -2.23. The summed E-state index contributed by atoms with van der Waals surface area (Å²) in [4.78, 5) is 18.1. The molecule has 2 amide bonds. The van der Waals surface area contributed by atoms with E-state index in [-0.39, 0.29) is 25.2 Å². The fourth-order valence-electron chi connectivity index (χ4n) is 3.18. The molecule has 0 unspecified atom stereocenters. The third-order valence-electron chi connectivity index (χ3n) is 4.55. The highest BCUT2D eigenvalue weighted by molar-refractivity contribution is 5.74. The largest absolute Gasteiger partial charge is 0.394 e. The molecule has 0 saturated carbocycles. The summed E-state index contributed by atoms with van der Waals surface area (Å²) in [5.74, 6) is 0.782. The lowest BCUT2D eigenvalue weighted by Crippen LogP contribution is -2.44. The molecule has 134 valence electrons. The van der Waals surface area contributed by atoms with Crippen LogP contribution >= 0.6 is 0 Å². The maximum Gasteiger partial charge on any atom is 0.318 e. The quantitative estimate of drug-likeness (QED) is 0.722. The minimum absolute atomic E-state index is 0.143. The molecule has 1 aromatic carbocycles. The first-order valence-electron chi connectivity index (χ1n) is 8.54. The first-order valence-corrected chi connectivity index (χ1v) is 8.54. The van der Waals surface area contributed by atoms with E-state index in [1.54, 1.807) is 6.20 Å². The number of imidazole rings is 1. The minimum Gasteiger partial charge on any atom is -0.394 e. The van der Waals surface area contributed by atoms with Gasteiger partial charge in [-0.05, 0) is 18.4 Å². The number of likely N-dealkylation sites (tertiary alicyclic amines) is 1. The fourth-order valence-corrected chi connectivity index (χ4v) is 3.18. The van der Waals surface area contributed by atoms with Gasteiger partial charge in [0.25, 0.3) is 0 Å². The SMILES string of the molecule is O=C(NCc1nccn1CCc1ccccc1)N1C[C@@H](O)C[C@H]1CO. The van der Waals surface area contributed by atoms with Crippen molar-refractivity contribution in [1.82, 2.24) is 19.8 Å². The van der Waals surface area contributed by atoms with E-state index in [4.69, 9.17) is 0 Å². The number of aliphatic hydroxyl groups excluding tert-OH is 2. The molecular formula is C18H24N4O3. The monoisotopic (exact) mass is 344 g/mol. The lowest BCUT2D eigenvalue weighted by atomic mass is 10.1. The van der Waals surface area contributed by atoms with Gasteiger partial charge in [0.15, 0.2) is 0 Å². The van der Waals surface area contributed by atoms with Gasteiger partial charge in [-0.3, -0.25) is 0 Å². The first kappa shape index (κ1) is 17.4. The topological polar surface area (TPSA) is 90.6 Å². The molecule has 1 aliphatic rings. The van der Waals surface area contributed by atoms with Crippen molar-refractivity contribution in [3.63, 3.8) is 0 Å². The summed E-state index contributed by atoms with van der Waals surface area (Å²) in [5.41, 5.74) is 1.25. The number of hydrogen-bond donors (Lipinski definition) is 3. The van der Waals surface area contributed by atoms with Gasteiger partial charge in [0.1, 0.15) is 5.82 Å². The predicted octanol–water partition coefficient (Wildman–Crippen LogP) is 0.763. The molecule has 2 aromatic rings. The van der Waals surface area contributed by atoms with Gasteiger partial charge < -0.3 is 25.0 Å². The van der Waals surface area contributed by atoms with Gasteiger partial charge in [-0.1, -0.05) is 30.3 Å². The van der Waals surface area contributed by atoms with Crippen LogP contribution in [0.3, 0.4) is 0 Å². The number of nitrogens with one attached hydrogen (secondary N) is 1. The van der Waals surface area contributed by atoms with Crippen molar-refractivity contribution in [2.75, 3.05) is 13.2 Å². The molecule has 3 N–H and O–H groups in total. The number of hydrogen-bond acceptors (Lipinski definition) is 4. The Labute approximate surface area is 146 Å². The van der Waals surface area contributed by atoms with E-state index in [0.717, 1.165) is 18.8 Å². The number of carbonyl (C=O) groups excluding carboxylic acids is 1. The van der Waals surface area contributed by atoms with E-state index in [1.807, 2.05) is 29.0 Å². The highest BCUT2D eigenvalue weighted by Gasteiger charge is 2.33. The summed E-state index contributed by atoms with van der Waals surface area (Å²) in [6.07, 6.45) is 4.36. The number of aromatic nitrogens is 2. The Morgan fingerprint density at radius 2 is 2.12 bits per heavy atom. The van der Waals surface area contributed by atoms with Crippen LogP contribution in [0.1, 0.15) is 17.8 Å². The zero-order valence-corrected chi connectivity index (χ0v) is 14.1. The molecule has 1 fully saturated rings. The van der Waals surface area contributed by atoms with Gasteiger partial charge in [0.05, 0.1) is 25.3 Å². The average Bonchev–Trinajstić information content (AvgIpc) is 3.24. The Bertz CT molecular complexity index is 689. The van der Waals surface area contributed by atoms with Crippen LogP contribution < -0.4 is 5.32 Å². The number of nitrogens with zero attached hydrogens (tertiary/aromatic N) is 3. The van der Waals surface area contributed by atoms with E-state index >= 15 is 0 Å². The first-order chi connectivity index (χ1) is 12.2. The Kier molecular flexibility index (Phi) is 5.67. The van der Waals surface area contributed by atoms with Gasteiger partial charge in [0, 0.05) is 25.5 Å². The van der Waals surface area contributed by atoms with E-state index in [1.165, 1.54) is 10.5 Å². The van der Waals surface area contributed by atoms with Gasteiger partial charge in [0.2, 0.25) is 0 Å². The van der Waals surface area contributed by atoms with Gasteiger partial charge in [-0.2, -0.15) is 0 Å². The van der Waals surface area contributed by atoms with Crippen LogP contribution in [-0.2, 0) is 19.5 Å². The molecule has 7 nitrogen and oxygen atoms in total. The third kappa shape index (κ3) is 4.37. The fraction of sp³-hybridized carbons (Fsp3) is 0.444. The maximum atomic E-state index is 12.3. The van der Waals surface area contributed by atoms with E-state index in [0.29, 0.717) is 13.0 Å². The molecular weight excluding hydrogens is 320 g/mol. The molecule has 2 heterocycles. The van der Waals surface area contributed by atoms with E-state index < -0.39 is 6.10 Å². The molecule has 0 spiro atoms. The Balaban J connectivity index is 1.53. The molecule has 3 rings (SSSR count). The van der Waals surface area contributed by atoms with E-state index in [2.05, 4.69) is 22.4 Å². The molecule has 7 heteroatoms.